The van der Waals surface area contributed by atoms with Gasteiger partial charge >= 0.3 is 12.1 Å². The minimum Gasteiger partial charge on any atom is -0.405 e. The largest absolute Gasteiger partial charge is 0.573 e. The Balaban J connectivity index is 1.93. The topological polar surface area (TPSA) is 44.1 Å². The summed E-state index contributed by atoms with van der Waals surface area (Å²) in [6.07, 6.45) is -0.971. The highest BCUT2D eigenvalue weighted by molar-refractivity contribution is 9.10. The van der Waals surface area contributed by atoms with Crippen molar-refractivity contribution in [2.24, 2.45) is 5.92 Å². The van der Waals surface area contributed by atoms with Gasteiger partial charge in [-0.05, 0) is 52.9 Å². The third-order valence-electron chi connectivity index (χ3n) is 4.75. The van der Waals surface area contributed by atoms with Gasteiger partial charge in [0, 0.05) is 11.5 Å². The molecular formula is C20H16BrF3N2O2. The van der Waals surface area contributed by atoms with Gasteiger partial charge in [-0.1, -0.05) is 31.0 Å². The summed E-state index contributed by atoms with van der Waals surface area (Å²) >= 11 is 3.16. The lowest BCUT2D eigenvalue weighted by molar-refractivity contribution is -0.274. The van der Waals surface area contributed by atoms with Crippen LogP contribution in [0, 0.1) is 5.92 Å². The third-order valence-corrected chi connectivity index (χ3v) is 5.37. The van der Waals surface area contributed by atoms with Gasteiger partial charge in [0.1, 0.15) is 5.75 Å². The van der Waals surface area contributed by atoms with E-state index in [2.05, 4.69) is 25.7 Å². The van der Waals surface area contributed by atoms with E-state index in [1.165, 1.54) is 23.5 Å². The number of hydrogen-bond donors (Lipinski definition) is 0. The third kappa shape index (κ3) is 4.06. The molecule has 0 bridgehead atoms. The fourth-order valence-electron chi connectivity index (χ4n) is 3.25. The van der Waals surface area contributed by atoms with Crippen molar-refractivity contribution in [3.8, 4) is 11.4 Å². The number of fused-ring (bicyclic) bond motifs is 1. The summed E-state index contributed by atoms with van der Waals surface area (Å²) in [5, 5.41) is 0.630. The highest BCUT2D eigenvalue weighted by atomic mass is 79.9. The van der Waals surface area contributed by atoms with Crippen molar-refractivity contribution in [1.29, 1.82) is 0 Å². The van der Waals surface area contributed by atoms with E-state index in [9.17, 15) is 18.0 Å². The van der Waals surface area contributed by atoms with Crippen LogP contribution in [0.2, 0.25) is 0 Å². The maximum absolute atomic E-state index is 12.8. The summed E-state index contributed by atoms with van der Waals surface area (Å²) in [6, 6.07) is 11.5. The Morgan fingerprint density at radius 3 is 2.54 bits per heavy atom. The van der Waals surface area contributed by atoms with Crippen LogP contribution >= 0.6 is 15.9 Å². The van der Waals surface area contributed by atoms with Gasteiger partial charge in [0.2, 0.25) is 0 Å². The molecular weight excluding hydrogens is 437 g/mol. The van der Waals surface area contributed by atoms with E-state index in [1.54, 1.807) is 36.4 Å². The molecule has 1 fully saturated rings. The zero-order chi connectivity index (χ0) is 19.9. The molecule has 1 aromatic heterocycles. The Bertz CT molecular complexity index is 1080. The summed E-state index contributed by atoms with van der Waals surface area (Å²) in [4.78, 5) is 17.0. The van der Waals surface area contributed by atoms with E-state index >= 15 is 0 Å². The van der Waals surface area contributed by atoms with Crippen LogP contribution < -0.4 is 10.4 Å². The lowest BCUT2D eigenvalue weighted by Crippen LogP contribution is -2.24. The van der Waals surface area contributed by atoms with Gasteiger partial charge in [-0.15, -0.1) is 13.2 Å². The highest BCUT2D eigenvalue weighted by Crippen LogP contribution is 2.37. The first kappa shape index (κ1) is 19.0. The van der Waals surface area contributed by atoms with Crippen molar-refractivity contribution in [3.63, 3.8) is 0 Å². The second-order valence-electron chi connectivity index (χ2n) is 6.84. The molecule has 8 heteroatoms. The summed E-state index contributed by atoms with van der Waals surface area (Å²) in [6.45, 7) is 0. The molecule has 2 aromatic carbocycles. The average Bonchev–Trinajstić information content (AvgIpc) is 3.45. The smallest absolute Gasteiger partial charge is 0.405 e. The Labute approximate surface area is 167 Å². The van der Waals surface area contributed by atoms with Crippen molar-refractivity contribution in [2.45, 2.75) is 32.0 Å². The number of rotatable bonds is 5. The monoisotopic (exact) mass is 452 g/mol. The fourth-order valence-corrected chi connectivity index (χ4v) is 3.68. The van der Waals surface area contributed by atoms with E-state index in [4.69, 9.17) is 0 Å². The first-order chi connectivity index (χ1) is 13.3. The quantitative estimate of drug-likeness (QED) is 0.521. The number of aromatic nitrogens is 2. The molecule has 4 nitrogen and oxygen atoms in total. The second kappa shape index (κ2) is 7.24. The molecule has 1 aliphatic rings. The van der Waals surface area contributed by atoms with Crippen LogP contribution in [0.5, 0.6) is 5.75 Å². The van der Waals surface area contributed by atoms with Crippen molar-refractivity contribution in [3.05, 3.63) is 63.1 Å². The van der Waals surface area contributed by atoms with Crippen molar-refractivity contribution < 1.29 is 17.9 Å². The molecule has 1 aliphatic carbocycles. The lowest BCUT2D eigenvalue weighted by atomic mass is 10.1. The summed E-state index contributed by atoms with van der Waals surface area (Å²) in [5.41, 5.74) is 0.932. The van der Waals surface area contributed by atoms with Crippen LogP contribution in [0.3, 0.4) is 0 Å². The number of ether oxygens (including phenoxy) is 1. The molecule has 1 heterocycles. The number of alkyl halides is 3. The molecule has 0 atom stereocenters. The van der Waals surface area contributed by atoms with Gasteiger partial charge in [-0.2, -0.15) is 4.98 Å². The summed E-state index contributed by atoms with van der Waals surface area (Å²) < 4.78 is 44.0. The maximum Gasteiger partial charge on any atom is 0.573 e. The van der Waals surface area contributed by atoms with Gasteiger partial charge < -0.3 is 4.74 Å². The minimum atomic E-state index is -4.84. The van der Waals surface area contributed by atoms with Crippen LogP contribution in [0.15, 0.2) is 51.7 Å². The van der Waals surface area contributed by atoms with Crippen LogP contribution in [0.1, 0.15) is 25.0 Å². The highest BCUT2D eigenvalue weighted by Gasteiger charge is 2.32. The van der Waals surface area contributed by atoms with E-state index < -0.39 is 17.8 Å². The van der Waals surface area contributed by atoms with Crippen LogP contribution in [0.4, 0.5) is 13.2 Å². The van der Waals surface area contributed by atoms with Crippen molar-refractivity contribution >= 4 is 26.8 Å². The second-order valence-corrected chi connectivity index (χ2v) is 7.70. The predicted molar refractivity (Wildman–Crippen MR) is 103 cm³/mol. The minimum absolute atomic E-state index is 0.157. The van der Waals surface area contributed by atoms with Gasteiger partial charge in [-0.25, -0.2) is 4.79 Å². The molecule has 0 saturated heterocycles. The van der Waals surface area contributed by atoms with Crippen LogP contribution in [0.25, 0.3) is 16.6 Å². The molecule has 0 spiro atoms. The zero-order valence-corrected chi connectivity index (χ0v) is 16.3. The van der Waals surface area contributed by atoms with Crippen LogP contribution in [-0.4, -0.2) is 15.9 Å². The zero-order valence-electron chi connectivity index (χ0n) is 14.7. The number of aryl methyl sites for hydroxylation is 1. The molecule has 146 valence electrons. The maximum atomic E-state index is 12.8. The summed E-state index contributed by atoms with van der Waals surface area (Å²) in [7, 11) is 0. The number of halogens is 4. The molecule has 3 aromatic rings. The molecule has 28 heavy (non-hydrogen) atoms. The Morgan fingerprint density at radius 2 is 1.89 bits per heavy atom. The van der Waals surface area contributed by atoms with Crippen LogP contribution in [-0.2, 0) is 6.42 Å². The molecule has 1 saturated carbocycles. The number of para-hydroxylation sites is 1. The lowest BCUT2D eigenvalue weighted by Gasteiger charge is -2.16. The average molecular weight is 453 g/mol. The van der Waals surface area contributed by atoms with Gasteiger partial charge in [0.25, 0.3) is 0 Å². The van der Waals surface area contributed by atoms with E-state index in [-0.39, 0.29) is 4.47 Å². The Hall–Kier alpha value is -2.35. The van der Waals surface area contributed by atoms with E-state index in [1.807, 2.05) is 0 Å². The molecule has 0 N–H and O–H groups in total. The predicted octanol–water partition coefficient (Wildman–Crippen LogP) is 5.39. The first-order valence-corrected chi connectivity index (χ1v) is 9.67. The fraction of sp³-hybridized carbons (Fsp3) is 0.300. The number of hydrogen-bond acceptors (Lipinski definition) is 3. The van der Waals surface area contributed by atoms with Crippen molar-refractivity contribution in [1.82, 2.24) is 9.55 Å². The van der Waals surface area contributed by atoms with E-state index in [0.29, 0.717) is 34.6 Å². The Kier molecular flexibility index (Phi) is 4.91. The SMILES string of the molecule is O=c1nc(CCC2CC2)c2cc(Br)c(OC(F)(F)F)cc2n1-c1ccccc1. The van der Waals surface area contributed by atoms with Gasteiger partial charge in [0.15, 0.2) is 0 Å². The van der Waals surface area contributed by atoms with Crippen molar-refractivity contribution in [2.75, 3.05) is 0 Å². The molecule has 0 aliphatic heterocycles. The molecule has 0 unspecified atom stereocenters. The van der Waals surface area contributed by atoms with Gasteiger partial charge in [-0.3, -0.25) is 4.57 Å². The normalized spacial score (nSPS) is 14.4. The Morgan fingerprint density at radius 1 is 1.18 bits per heavy atom. The van der Waals surface area contributed by atoms with Gasteiger partial charge in [0.05, 0.1) is 21.4 Å². The molecule has 0 radical (unpaired) electrons. The first-order valence-electron chi connectivity index (χ1n) is 8.88. The summed E-state index contributed by atoms with van der Waals surface area (Å²) in [5.74, 6) is 0.244. The van der Waals surface area contributed by atoms with E-state index in [0.717, 1.165) is 6.42 Å². The standard InChI is InChI=1S/C20H16BrF3N2O2/c21-15-10-14-16(9-8-12-6-7-12)25-19(27)26(13-4-2-1-3-5-13)17(14)11-18(15)28-20(22,23)24/h1-5,10-12H,6-9H2. The molecule has 0 amide bonds. The number of nitrogens with zero attached hydrogens (tertiary/aromatic N) is 2. The number of benzene rings is 2. The molecule has 4 rings (SSSR count).